The Morgan fingerprint density at radius 1 is 1.20 bits per heavy atom. The number of nitrogens with zero attached hydrogens (tertiary/aromatic N) is 2. The van der Waals surface area contributed by atoms with Gasteiger partial charge in [0.2, 0.25) is 0 Å². The van der Waals surface area contributed by atoms with Crippen molar-refractivity contribution in [2.24, 2.45) is 0 Å². The van der Waals surface area contributed by atoms with Crippen LogP contribution in [0.2, 0.25) is 10.1 Å². The SMILES string of the molecule is C#CCN(C(=O)OC(C)(C)C)c1cc(OC)c([Si](F)(C(C)(C)C)C(C)(C)C)c[n+]1[O-]. The first-order chi connectivity index (χ1) is 13.4. The number of carbonyl (C=O) groups is 1. The number of terminal acetylenes is 1. The van der Waals surface area contributed by atoms with E-state index in [9.17, 15) is 10.0 Å². The van der Waals surface area contributed by atoms with Crippen LogP contribution in [0.25, 0.3) is 0 Å². The number of aromatic nitrogens is 1. The molecule has 0 spiro atoms. The fourth-order valence-electron chi connectivity index (χ4n) is 3.71. The lowest BCUT2D eigenvalue weighted by atomic mass is 10.2. The summed E-state index contributed by atoms with van der Waals surface area (Å²) in [4.78, 5) is 13.7. The average molecular weight is 439 g/mol. The number of amides is 1. The zero-order chi connectivity index (χ0) is 23.7. The molecular formula is C22H35FN2O4Si. The lowest BCUT2D eigenvalue weighted by Crippen LogP contribution is -2.60. The molecule has 1 amide bonds. The van der Waals surface area contributed by atoms with Crippen LogP contribution in [0.5, 0.6) is 5.75 Å². The van der Waals surface area contributed by atoms with Gasteiger partial charge in [-0.3, -0.25) is 0 Å². The Labute approximate surface area is 181 Å². The van der Waals surface area contributed by atoms with E-state index in [2.05, 4.69) is 5.92 Å². The molecule has 0 aromatic carbocycles. The maximum Gasteiger partial charge on any atom is 0.508 e. The van der Waals surface area contributed by atoms with E-state index < -0.39 is 30.2 Å². The van der Waals surface area contributed by atoms with E-state index in [0.29, 0.717) is 4.73 Å². The van der Waals surface area contributed by atoms with Gasteiger partial charge in [0.1, 0.15) is 11.4 Å². The molecule has 1 heterocycles. The Kier molecular flexibility index (Phi) is 7.27. The van der Waals surface area contributed by atoms with Crippen molar-refractivity contribution in [1.29, 1.82) is 0 Å². The fraction of sp³-hybridized carbons (Fsp3) is 0.636. The molecule has 168 valence electrons. The second-order valence-electron chi connectivity index (χ2n) is 10.4. The van der Waals surface area contributed by atoms with Gasteiger partial charge in [-0.05, 0) is 30.8 Å². The molecule has 0 radical (unpaired) electrons. The van der Waals surface area contributed by atoms with Gasteiger partial charge in [0.15, 0.2) is 6.54 Å². The van der Waals surface area contributed by atoms with Gasteiger partial charge in [-0.2, -0.15) is 4.79 Å². The first kappa shape index (κ1) is 25.8. The van der Waals surface area contributed by atoms with Gasteiger partial charge >= 0.3 is 6.09 Å². The van der Waals surface area contributed by atoms with Gasteiger partial charge in [-0.1, -0.05) is 47.5 Å². The first-order valence-electron chi connectivity index (χ1n) is 9.85. The standard InChI is InChI=1S/C22H35FN2O4Si/c1-12-13-24(19(26)29-20(2,3)4)18-14-16(28-11)17(15-25(18)27)30(23,21(5,6)7)22(8,9)10/h1,14-15H,13H2,2-11H3. The third-order valence-corrected chi connectivity index (χ3v) is 10.0. The molecule has 0 aliphatic carbocycles. The van der Waals surface area contributed by atoms with Crippen molar-refractivity contribution >= 4 is 25.5 Å². The topological polar surface area (TPSA) is 65.7 Å². The van der Waals surface area contributed by atoms with E-state index >= 15 is 4.11 Å². The molecule has 8 heteroatoms. The van der Waals surface area contributed by atoms with E-state index in [4.69, 9.17) is 15.9 Å². The summed E-state index contributed by atoms with van der Waals surface area (Å²) in [6.45, 7) is 15.9. The minimum atomic E-state index is -3.79. The number of halogens is 1. The largest absolute Gasteiger partial charge is 0.711 e. The minimum absolute atomic E-state index is 0.0815. The van der Waals surface area contributed by atoms with Crippen molar-refractivity contribution in [3.05, 3.63) is 17.5 Å². The van der Waals surface area contributed by atoms with Crippen molar-refractivity contribution < 1.29 is 23.1 Å². The number of carbonyl (C=O) groups excluding carboxylic acids is 1. The molecule has 0 saturated carbocycles. The Balaban J connectivity index is 3.74. The number of ether oxygens (including phenoxy) is 2. The monoisotopic (exact) mass is 438 g/mol. The summed E-state index contributed by atoms with van der Waals surface area (Å²) >= 11 is 0. The molecule has 0 bridgehead atoms. The van der Waals surface area contributed by atoms with Gasteiger partial charge < -0.3 is 18.8 Å². The molecule has 0 atom stereocenters. The Morgan fingerprint density at radius 2 is 1.70 bits per heavy atom. The zero-order valence-corrected chi connectivity index (χ0v) is 20.8. The van der Waals surface area contributed by atoms with Crippen LogP contribution in [-0.2, 0) is 4.74 Å². The molecule has 0 N–H and O–H groups in total. The smallest absolute Gasteiger partial charge is 0.508 e. The molecule has 1 aromatic heterocycles. The Bertz CT molecular complexity index is 816. The van der Waals surface area contributed by atoms with Crippen LogP contribution in [-0.4, -0.2) is 33.8 Å². The van der Waals surface area contributed by atoms with Gasteiger partial charge in [0, 0.05) is 0 Å². The predicted octanol–water partition coefficient (Wildman–Crippen LogP) is 4.43. The molecule has 1 aromatic rings. The lowest BCUT2D eigenvalue weighted by molar-refractivity contribution is -0.590. The molecule has 0 saturated heterocycles. The summed E-state index contributed by atoms with van der Waals surface area (Å²) in [6.07, 6.45) is 5.82. The lowest BCUT2D eigenvalue weighted by Gasteiger charge is -2.45. The van der Waals surface area contributed by atoms with Crippen molar-refractivity contribution in [2.45, 2.75) is 78.0 Å². The molecule has 0 aliphatic heterocycles. The third-order valence-electron chi connectivity index (χ3n) is 4.80. The number of hydrogen-bond donors (Lipinski definition) is 0. The van der Waals surface area contributed by atoms with Crippen LogP contribution >= 0.6 is 0 Å². The van der Waals surface area contributed by atoms with Crippen molar-refractivity contribution in [1.82, 2.24) is 0 Å². The molecule has 1 rings (SSSR count). The minimum Gasteiger partial charge on any atom is -0.711 e. The highest BCUT2D eigenvalue weighted by Crippen LogP contribution is 2.52. The molecule has 0 aliphatic rings. The van der Waals surface area contributed by atoms with E-state index in [1.165, 1.54) is 19.4 Å². The zero-order valence-electron chi connectivity index (χ0n) is 19.8. The number of anilines is 1. The Morgan fingerprint density at radius 3 is 2.07 bits per heavy atom. The van der Waals surface area contributed by atoms with Gasteiger partial charge in [0.05, 0.1) is 24.6 Å². The van der Waals surface area contributed by atoms with Crippen molar-refractivity contribution in [3.8, 4) is 18.1 Å². The second kappa shape index (κ2) is 8.46. The van der Waals surface area contributed by atoms with Gasteiger partial charge in [-0.15, -0.1) is 11.3 Å². The van der Waals surface area contributed by atoms with Gasteiger partial charge in [0.25, 0.3) is 14.2 Å². The summed E-state index contributed by atoms with van der Waals surface area (Å²) in [5, 5.41) is 11.8. The van der Waals surface area contributed by atoms with E-state index in [-0.39, 0.29) is 23.3 Å². The molecular weight excluding hydrogens is 403 g/mol. The highest BCUT2D eigenvalue weighted by molar-refractivity contribution is 6.91. The van der Waals surface area contributed by atoms with Crippen molar-refractivity contribution in [2.75, 3.05) is 18.6 Å². The Hall–Kier alpha value is -2.27. The predicted molar refractivity (Wildman–Crippen MR) is 120 cm³/mol. The number of rotatable bonds is 4. The molecule has 0 unspecified atom stereocenters. The van der Waals surface area contributed by atoms with Crippen LogP contribution in [0.3, 0.4) is 0 Å². The van der Waals surface area contributed by atoms with E-state index in [1.54, 1.807) is 20.8 Å². The summed E-state index contributed by atoms with van der Waals surface area (Å²) in [5.74, 6) is 2.49. The van der Waals surface area contributed by atoms with Crippen LogP contribution in [0.15, 0.2) is 12.3 Å². The number of hydrogen-bond acceptors (Lipinski definition) is 4. The fourth-order valence-corrected chi connectivity index (χ4v) is 8.39. The van der Waals surface area contributed by atoms with Gasteiger partial charge in [-0.25, -0.2) is 4.73 Å². The highest BCUT2D eigenvalue weighted by atomic mass is 28.4. The molecule has 0 fully saturated rings. The molecule has 30 heavy (non-hydrogen) atoms. The van der Waals surface area contributed by atoms with Crippen molar-refractivity contribution in [3.63, 3.8) is 0 Å². The van der Waals surface area contributed by atoms with Crippen LogP contribution in [0.4, 0.5) is 14.7 Å². The van der Waals surface area contributed by atoms with Crippen LogP contribution in [0, 0.1) is 17.6 Å². The second-order valence-corrected chi connectivity index (χ2v) is 15.2. The summed E-state index contributed by atoms with van der Waals surface area (Å²) in [5.41, 5.74) is -0.777. The summed E-state index contributed by atoms with van der Waals surface area (Å²) in [6, 6.07) is 1.36. The summed E-state index contributed by atoms with van der Waals surface area (Å²) < 4.78 is 28.1. The quantitative estimate of drug-likeness (QED) is 0.229. The van der Waals surface area contributed by atoms with Crippen LogP contribution < -0.4 is 19.6 Å². The van der Waals surface area contributed by atoms with E-state index in [1.807, 2.05) is 41.5 Å². The third kappa shape index (κ3) is 5.07. The number of methoxy groups -OCH3 is 1. The number of pyridine rings is 1. The summed E-state index contributed by atoms with van der Waals surface area (Å²) in [7, 11) is -2.37. The van der Waals surface area contributed by atoms with Crippen LogP contribution in [0.1, 0.15) is 62.3 Å². The highest BCUT2D eigenvalue weighted by Gasteiger charge is 2.59. The normalized spacial score (nSPS) is 12.9. The maximum absolute atomic E-state index is 16.8. The molecule has 6 nitrogen and oxygen atoms in total. The average Bonchev–Trinajstić information content (AvgIpc) is 2.55. The first-order valence-corrected chi connectivity index (χ1v) is 11.7. The van der Waals surface area contributed by atoms with E-state index in [0.717, 1.165) is 4.90 Å². The maximum atomic E-state index is 16.8.